The summed E-state index contributed by atoms with van der Waals surface area (Å²) in [4.78, 5) is 28.4. The molecule has 0 aliphatic carbocycles. The topological polar surface area (TPSA) is 59.1 Å². The van der Waals surface area contributed by atoms with Gasteiger partial charge < -0.3 is 14.4 Å². The first-order valence-corrected chi connectivity index (χ1v) is 9.44. The molecule has 144 valence electrons. The van der Waals surface area contributed by atoms with Crippen LogP contribution >= 0.6 is 0 Å². The minimum absolute atomic E-state index is 0.00534. The van der Waals surface area contributed by atoms with Crippen LogP contribution in [0.1, 0.15) is 32.6 Å². The van der Waals surface area contributed by atoms with Gasteiger partial charge in [0.2, 0.25) is 5.91 Å². The molecular formula is C20H30N2O4. The number of nitrogens with zero attached hydrogens (tertiary/aromatic N) is 2. The van der Waals surface area contributed by atoms with E-state index in [-0.39, 0.29) is 11.9 Å². The van der Waals surface area contributed by atoms with Gasteiger partial charge in [0.1, 0.15) is 11.8 Å². The van der Waals surface area contributed by atoms with Crippen molar-refractivity contribution in [3.05, 3.63) is 30.3 Å². The zero-order chi connectivity index (χ0) is 18.8. The Morgan fingerprint density at radius 2 is 2.00 bits per heavy atom. The normalized spacial score (nSPS) is 17.2. The Bertz CT molecular complexity index is 564. The minimum Gasteiger partial charge on any atom is -0.494 e. The van der Waals surface area contributed by atoms with Crippen LogP contribution in [0.15, 0.2) is 30.3 Å². The first-order valence-electron chi connectivity index (χ1n) is 9.44. The number of carbonyl (C=O) groups excluding carboxylic acids is 2. The Hall–Kier alpha value is -2.08. The van der Waals surface area contributed by atoms with E-state index in [1.807, 2.05) is 42.3 Å². The van der Waals surface area contributed by atoms with E-state index in [4.69, 9.17) is 9.47 Å². The molecule has 0 bridgehead atoms. The van der Waals surface area contributed by atoms with Crippen LogP contribution in [0.4, 0.5) is 0 Å². The SMILES string of the molecule is CCOC(=O)C1CCCCN1C(=O)CN(C)CCCOc1ccccc1. The van der Waals surface area contributed by atoms with Gasteiger partial charge in [-0.25, -0.2) is 4.79 Å². The summed E-state index contributed by atoms with van der Waals surface area (Å²) in [5.74, 6) is 0.575. The lowest BCUT2D eigenvalue weighted by atomic mass is 10.0. The molecule has 0 N–H and O–H groups in total. The monoisotopic (exact) mass is 362 g/mol. The van der Waals surface area contributed by atoms with Crippen LogP contribution in [0.3, 0.4) is 0 Å². The van der Waals surface area contributed by atoms with Crippen LogP contribution in [-0.2, 0) is 14.3 Å². The minimum atomic E-state index is -0.425. The Labute approximate surface area is 156 Å². The van der Waals surface area contributed by atoms with E-state index in [1.54, 1.807) is 11.8 Å². The highest BCUT2D eigenvalue weighted by molar-refractivity contribution is 5.85. The third kappa shape index (κ3) is 6.33. The second-order valence-electron chi connectivity index (χ2n) is 6.60. The van der Waals surface area contributed by atoms with Crippen molar-refractivity contribution < 1.29 is 19.1 Å². The molecule has 1 amide bonds. The average molecular weight is 362 g/mol. The number of piperidine rings is 1. The number of likely N-dealkylation sites (N-methyl/N-ethyl adjacent to an activating group) is 1. The molecule has 1 aliphatic rings. The van der Waals surface area contributed by atoms with Crippen molar-refractivity contribution in [2.24, 2.45) is 0 Å². The summed E-state index contributed by atoms with van der Waals surface area (Å²) in [6.45, 7) is 4.44. The molecule has 0 saturated carbocycles. The number of carbonyl (C=O) groups is 2. The Morgan fingerprint density at radius 1 is 1.23 bits per heavy atom. The highest BCUT2D eigenvalue weighted by Crippen LogP contribution is 2.18. The van der Waals surface area contributed by atoms with E-state index in [2.05, 4.69) is 0 Å². The van der Waals surface area contributed by atoms with Crippen molar-refractivity contribution in [1.82, 2.24) is 9.80 Å². The summed E-state index contributed by atoms with van der Waals surface area (Å²) in [5.41, 5.74) is 0. The maximum absolute atomic E-state index is 12.6. The number of benzene rings is 1. The van der Waals surface area contributed by atoms with E-state index in [0.29, 0.717) is 32.7 Å². The summed E-state index contributed by atoms with van der Waals surface area (Å²) in [6.07, 6.45) is 3.43. The molecular weight excluding hydrogens is 332 g/mol. The van der Waals surface area contributed by atoms with Crippen molar-refractivity contribution >= 4 is 11.9 Å². The molecule has 0 spiro atoms. The molecule has 1 aromatic carbocycles. The number of hydrogen-bond donors (Lipinski definition) is 0. The lowest BCUT2D eigenvalue weighted by molar-refractivity contribution is -0.156. The molecule has 6 nitrogen and oxygen atoms in total. The first-order chi connectivity index (χ1) is 12.6. The fraction of sp³-hybridized carbons (Fsp3) is 0.600. The molecule has 1 heterocycles. The molecule has 1 fully saturated rings. The van der Waals surface area contributed by atoms with E-state index in [1.165, 1.54) is 0 Å². The zero-order valence-corrected chi connectivity index (χ0v) is 15.9. The third-order valence-electron chi connectivity index (χ3n) is 4.48. The number of likely N-dealkylation sites (tertiary alicyclic amines) is 1. The number of para-hydroxylation sites is 1. The molecule has 0 radical (unpaired) electrons. The summed E-state index contributed by atoms with van der Waals surface area (Å²) in [6, 6.07) is 9.28. The maximum Gasteiger partial charge on any atom is 0.328 e. The standard InChI is InChI=1S/C20H30N2O4/c1-3-25-20(24)18-12-7-8-14-22(18)19(23)16-21(2)13-9-15-26-17-10-5-4-6-11-17/h4-6,10-11,18H,3,7-9,12-16H2,1-2H3. The van der Waals surface area contributed by atoms with E-state index < -0.39 is 6.04 Å². The van der Waals surface area contributed by atoms with Crippen molar-refractivity contribution in [1.29, 1.82) is 0 Å². The molecule has 1 aliphatic heterocycles. The summed E-state index contributed by atoms with van der Waals surface area (Å²) < 4.78 is 10.8. The van der Waals surface area contributed by atoms with Crippen LogP contribution in [0.2, 0.25) is 0 Å². The van der Waals surface area contributed by atoms with Crippen LogP contribution in [0, 0.1) is 0 Å². The molecule has 1 aromatic rings. The summed E-state index contributed by atoms with van der Waals surface area (Å²) in [7, 11) is 1.92. The molecule has 1 atom stereocenters. The fourth-order valence-corrected chi connectivity index (χ4v) is 3.16. The van der Waals surface area contributed by atoms with Gasteiger partial charge in [-0.15, -0.1) is 0 Å². The number of esters is 1. The van der Waals surface area contributed by atoms with Gasteiger partial charge in [-0.1, -0.05) is 18.2 Å². The van der Waals surface area contributed by atoms with Crippen LogP contribution in [-0.4, -0.2) is 67.6 Å². The molecule has 6 heteroatoms. The van der Waals surface area contributed by atoms with Gasteiger partial charge in [0.25, 0.3) is 0 Å². The van der Waals surface area contributed by atoms with E-state index >= 15 is 0 Å². The lowest BCUT2D eigenvalue weighted by Gasteiger charge is -2.35. The quantitative estimate of drug-likeness (QED) is 0.498. The van der Waals surface area contributed by atoms with Crippen LogP contribution in [0.5, 0.6) is 5.75 Å². The van der Waals surface area contributed by atoms with Gasteiger partial charge in [-0.3, -0.25) is 9.69 Å². The Balaban J connectivity index is 1.73. The number of ether oxygens (including phenoxy) is 2. The summed E-state index contributed by atoms with van der Waals surface area (Å²) >= 11 is 0. The fourth-order valence-electron chi connectivity index (χ4n) is 3.16. The number of hydrogen-bond acceptors (Lipinski definition) is 5. The highest BCUT2D eigenvalue weighted by Gasteiger charge is 2.33. The van der Waals surface area contributed by atoms with Gasteiger partial charge >= 0.3 is 5.97 Å². The molecule has 0 aromatic heterocycles. The van der Waals surface area contributed by atoms with Crippen LogP contribution < -0.4 is 4.74 Å². The van der Waals surface area contributed by atoms with Crippen molar-refractivity contribution in [2.45, 2.75) is 38.6 Å². The Morgan fingerprint density at radius 3 is 2.73 bits per heavy atom. The van der Waals surface area contributed by atoms with E-state index in [9.17, 15) is 9.59 Å². The second kappa shape index (κ2) is 10.8. The number of amides is 1. The highest BCUT2D eigenvalue weighted by atomic mass is 16.5. The van der Waals surface area contributed by atoms with E-state index in [0.717, 1.165) is 31.6 Å². The molecule has 1 unspecified atom stereocenters. The van der Waals surface area contributed by atoms with Gasteiger partial charge in [-0.2, -0.15) is 0 Å². The molecule has 1 saturated heterocycles. The maximum atomic E-state index is 12.6. The van der Waals surface area contributed by atoms with Gasteiger partial charge in [0.05, 0.1) is 19.8 Å². The predicted octanol–water partition coefficient (Wildman–Crippen LogP) is 2.33. The van der Waals surface area contributed by atoms with Gasteiger partial charge in [0, 0.05) is 13.1 Å². The largest absolute Gasteiger partial charge is 0.494 e. The van der Waals surface area contributed by atoms with Crippen LogP contribution in [0.25, 0.3) is 0 Å². The zero-order valence-electron chi connectivity index (χ0n) is 15.9. The van der Waals surface area contributed by atoms with Crippen molar-refractivity contribution in [3.63, 3.8) is 0 Å². The van der Waals surface area contributed by atoms with Gasteiger partial charge in [0.15, 0.2) is 0 Å². The predicted molar refractivity (Wildman–Crippen MR) is 100 cm³/mol. The second-order valence-corrected chi connectivity index (χ2v) is 6.60. The van der Waals surface area contributed by atoms with Crippen molar-refractivity contribution in [2.75, 3.05) is 39.9 Å². The van der Waals surface area contributed by atoms with Gasteiger partial charge in [-0.05, 0) is 51.8 Å². The molecule has 26 heavy (non-hydrogen) atoms. The third-order valence-corrected chi connectivity index (χ3v) is 4.48. The number of rotatable bonds is 9. The lowest BCUT2D eigenvalue weighted by Crippen LogP contribution is -2.51. The molecule has 2 rings (SSSR count). The average Bonchev–Trinajstić information content (AvgIpc) is 2.66. The first kappa shape index (κ1) is 20.2. The Kier molecular flexibility index (Phi) is 8.41. The summed E-state index contributed by atoms with van der Waals surface area (Å²) in [5, 5.41) is 0. The van der Waals surface area contributed by atoms with Crippen molar-refractivity contribution in [3.8, 4) is 5.75 Å². The smallest absolute Gasteiger partial charge is 0.328 e.